The summed E-state index contributed by atoms with van der Waals surface area (Å²) in [7, 11) is 0. The quantitative estimate of drug-likeness (QED) is 0.294. The zero-order valence-electron chi connectivity index (χ0n) is 16.5. The molecule has 2 heterocycles. The van der Waals surface area contributed by atoms with Crippen LogP contribution < -0.4 is 0 Å². The van der Waals surface area contributed by atoms with Crippen molar-refractivity contribution in [2.45, 2.75) is 0 Å². The number of rotatable bonds is 7. The van der Waals surface area contributed by atoms with Gasteiger partial charge in [0.1, 0.15) is 13.2 Å². The summed E-state index contributed by atoms with van der Waals surface area (Å²) in [5, 5.41) is 9.56. The molecule has 2 aromatic carbocycles. The van der Waals surface area contributed by atoms with E-state index in [0.29, 0.717) is 10.0 Å². The van der Waals surface area contributed by atoms with Crippen molar-refractivity contribution < 1.29 is 19.1 Å². The first-order valence-corrected chi connectivity index (χ1v) is 10.2. The Morgan fingerprint density at radius 1 is 0.656 bits per heavy atom. The molecule has 8 nitrogen and oxygen atoms in total. The minimum Gasteiger partial charge on any atom is -0.457 e. The molecule has 4 aromatic rings. The van der Waals surface area contributed by atoms with E-state index < -0.39 is 11.9 Å². The second kappa shape index (κ2) is 9.67. The smallest absolute Gasteiger partial charge is 0.358 e. The van der Waals surface area contributed by atoms with Gasteiger partial charge in [-0.3, -0.25) is 0 Å². The number of aromatic nitrogens is 4. The van der Waals surface area contributed by atoms with E-state index in [-0.39, 0.29) is 24.6 Å². The van der Waals surface area contributed by atoms with Gasteiger partial charge < -0.3 is 9.47 Å². The van der Waals surface area contributed by atoms with Gasteiger partial charge >= 0.3 is 11.9 Å². The number of halogens is 2. The number of carbonyl (C=O) groups is 2. The topological polar surface area (TPSA) is 88.2 Å². The minimum absolute atomic E-state index is 0.115. The third-order valence-electron chi connectivity index (χ3n) is 4.33. The van der Waals surface area contributed by atoms with Crippen molar-refractivity contribution in [1.29, 1.82) is 0 Å². The van der Waals surface area contributed by atoms with E-state index >= 15 is 0 Å². The number of benzene rings is 2. The van der Waals surface area contributed by atoms with E-state index in [4.69, 9.17) is 32.7 Å². The highest BCUT2D eigenvalue weighted by atomic mass is 35.5. The molecular formula is C22H16Cl2N4O4. The van der Waals surface area contributed by atoms with Crippen LogP contribution in [0.4, 0.5) is 0 Å². The van der Waals surface area contributed by atoms with Crippen LogP contribution in [0.5, 0.6) is 0 Å². The number of hydrogen-bond acceptors (Lipinski definition) is 6. The molecule has 0 unspecified atom stereocenters. The highest BCUT2D eigenvalue weighted by Crippen LogP contribution is 2.14. The number of esters is 2. The molecule has 32 heavy (non-hydrogen) atoms. The van der Waals surface area contributed by atoms with Crippen LogP contribution >= 0.6 is 23.2 Å². The van der Waals surface area contributed by atoms with Gasteiger partial charge in [-0.05, 0) is 60.7 Å². The van der Waals surface area contributed by atoms with Crippen LogP contribution in [0, 0.1) is 0 Å². The van der Waals surface area contributed by atoms with Crippen LogP contribution in [-0.4, -0.2) is 44.7 Å². The molecule has 0 atom stereocenters. The van der Waals surface area contributed by atoms with Crippen LogP contribution in [-0.2, 0) is 9.47 Å². The standard InChI is InChI=1S/C22H16Cl2N4O4/c23-15-1-5-17(6-2-15)27-11-9-19(25-27)21(29)31-13-14-32-22(30)20-10-12-28(26-20)18-7-3-16(24)4-8-18/h1-12H,13-14H2. The average molecular weight is 471 g/mol. The molecule has 10 heteroatoms. The summed E-state index contributed by atoms with van der Waals surface area (Å²) in [4.78, 5) is 24.3. The Balaban J connectivity index is 1.25. The Kier molecular flexibility index (Phi) is 6.53. The third kappa shape index (κ3) is 5.16. The predicted molar refractivity (Wildman–Crippen MR) is 118 cm³/mol. The number of carbonyl (C=O) groups excluding carboxylic acids is 2. The molecule has 0 spiro atoms. The van der Waals surface area contributed by atoms with Crippen molar-refractivity contribution in [1.82, 2.24) is 19.6 Å². The third-order valence-corrected chi connectivity index (χ3v) is 4.83. The lowest BCUT2D eigenvalue weighted by atomic mass is 10.3. The SMILES string of the molecule is O=C(OCCOC(=O)c1ccn(-c2ccc(Cl)cc2)n1)c1ccn(-c2ccc(Cl)cc2)n1. The molecule has 0 fully saturated rings. The van der Waals surface area contributed by atoms with E-state index in [2.05, 4.69) is 10.2 Å². The number of hydrogen-bond donors (Lipinski definition) is 0. The Labute approximate surface area is 192 Å². The van der Waals surface area contributed by atoms with E-state index in [9.17, 15) is 9.59 Å². The summed E-state index contributed by atoms with van der Waals surface area (Å²) in [6.45, 7) is -0.230. The van der Waals surface area contributed by atoms with Gasteiger partial charge in [0.15, 0.2) is 11.4 Å². The van der Waals surface area contributed by atoms with E-state index in [1.165, 1.54) is 21.5 Å². The maximum absolute atomic E-state index is 12.2. The van der Waals surface area contributed by atoms with Crippen LogP contribution in [0.15, 0.2) is 73.1 Å². The van der Waals surface area contributed by atoms with Crippen molar-refractivity contribution in [2.75, 3.05) is 13.2 Å². The lowest BCUT2D eigenvalue weighted by Crippen LogP contribution is -2.15. The van der Waals surface area contributed by atoms with Crippen LogP contribution in [0.25, 0.3) is 11.4 Å². The van der Waals surface area contributed by atoms with Gasteiger partial charge in [-0.25, -0.2) is 19.0 Å². The lowest BCUT2D eigenvalue weighted by molar-refractivity contribution is 0.0258. The average Bonchev–Trinajstić information content (AvgIpc) is 3.48. The molecule has 162 valence electrons. The lowest BCUT2D eigenvalue weighted by Gasteiger charge is -2.05. The fourth-order valence-electron chi connectivity index (χ4n) is 2.76. The molecule has 0 amide bonds. The van der Waals surface area contributed by atoms with Crippen molar-refractivity contribution in [3.63, 3.8) is 0 Å². The maximum Gasteiger partial charge on any atom is 0.358 e. The summed E-state index contributed by atoms with van der Waals surface area (Å²) in [6, 6.07) is 17.1. The van der Waals surface area contributed by atoms with Gasteiger partial charge in [0.2, 0.25) is 0 Å². The Morgan fingerprint density at radius 3 is 1.41 bits per heavy atom. The second-order valence-electron chi connectivity index (χ2n) is 6.52. The first-order valence-electron chi connectivity index (χ1n) is 9.47. The van der Waals surface area contributed by atoms with Gasteiger partial charge in [-0.1, -0.05) is 23.2 Å². The molecule has 0 aliphatic carbocycles. The highest BCUT2D eigenvalue weighted by molar-refractivity contribution is 6.30. The van der Waals surface area contributed by atoms with Gasteiger partial charge in [-0.2, -0.15) is 10.2 Å². The van der Waals surface area contributed by atoms with Crippen LogP contribution in [0.1, 0.15) is 21.0 Å². The monoisotopic (exact) mass is 470 g/mol. The minimum atomic E-state index is -0.624. The first-order chi connectivity index (χ1) is 15.5. The molecule has 0 bridgehead atoms. The van der Waals surface area contributed by atoms with Gasteiger partial charge in [0, 0.05) is 22.4 Å². The summed E-state index contributed by atoms with van der Waals surface area (Å²) in [5.74, 6) is -1.25. The number of nitrogens with zero attached hydrogens (tertiary/aromatic N) is 4. The molecule has 0 aliphatic rings. The number of ether oxygens (including phenoxy) is 2. The van der Waals surface area contributed by atoms with Gasteiger partial charge in [0.05, 0.1) is 11.4 Å². The summed E-state index contributed by atoms with van der Waals surface area (Å²) < 4.78 is 13.3. The first kappa shape index (κ1) is 21.6. The molecule has 0 N–H and O–H groups in total. The second-order valence-corrected chi connectivity index (χ2v) is 7.39. The fraction of sp³-hybridized carbons (Fsp3) is 0.0909. The molecule has 0 saturated carbocycles. The van der Waals surface area contributed by atoms with Crippen LogP contribution in [0.2, 0.25) is 10.0 Å². The molecular weight excluding hydrogens is 455 g/mol. The maximum atomic E-state index is 12.2. The molecule has 0 aliphatic heterocycles. The highest BCUT2D eigenvalue weighted by Gasteiger charge is 2.14. The largest absolute Gasteiger partial charge is 0.457 e. The zero-order chi connectivity index (χ0) is 22.5. The van der Waals surface area contributed by atoms with E-state index in [1.54, 1.807) is 60.9 Å². The van der Waals surface area contributed by atoms with Crippen molar-refractivity contribution in [2.24, 2.45) is 0 Å². The van der Waals surface area contributed by atoms with Crippen molar-refractivity contribution in [3.05, 3.63) is 94.5 Å². The fourth-order valence-corrected chi connectivity index (χ4v) is 3.01. The summed E-state index contributed by atoms with van der Waals surface area (Å²) in [5.41, 5.74) is 1.77. The molecule has 0 radical (unpaired) electrons. The Hall–Kier alpha value is -3.62. The van der Waals surface area contributed by atoms with Gasteiger partial charge in [-0.15, -0.1) is 0 Å². The van der Waals surface area contributed by atoms with Crippen LogP contribution in [0.3, 0.4) is 0 Å². The summed E-state index contributed by atoms with van der Waals surface area (Å²) >= 11 is 11.7. The molecule has 2 aromatic heterocycles. The molecule has 4 rings (SSSR count). The Morgan fingerprint density at radius 2 is 1.03 bits per heavy atom. The van der Waals surface area contributed by atoms with E-state index in [1.807, 2.05) is 0 Å². The summed E-state index contributed by atoms with van der Waals surface area (Å²) in [6.07, 6.45) is 3.27. The van der Waals surface area contributed by atoms with Gasteiger partial charge in [0.25, 0.3) is 0 Å². The van der Waals surface area contributed by atoms with E-state index in [0.717, 1.165) is 11.4 Å². The Bertz CT molecular complexity index is 1140. The van der Waals surface area contributed by atoms with Crippen molar-refractivity contribution in [3.8, 4) is 11.4 Å². The normalized spacial score (nSPS) is 10.7. The zero-order valence-corrected chi connectivity index (χ0v) is 18.0. The molecule has 0 saturated heterocycles. The predicted octanol–water partition coefficient (Wildman–Crippen LogP) is 4.38. The van der Waals surface area contributed by atoms with Crippen molar-refractivity contribution >= 4 is 35.1 Å².